The lowest BCUT2D eigenvalue weighted by Gasteiger charge is -2.27. The van der Waals surface area contributed by atoms with Gasteiger partial charge in [-0.3, -0.25) is 0 Å². The first kappa shape index (κ1) is 12.9. The van der Waals surface area contributed by atoms with Crippen molar-refractivity contribution in [1.29, 1.82) is 0 Å². The van der Waals surface area contributed by atoms with Crippen LogP contribution < -0.4 is 4.74 Å². The first-order valence-corrected chi connectivity index (χ1v) is 6.86. The lowest BCUT2D eigenvalue weighted by molar-refractivity contribution is -0.0138. The molecular formula is C13H14BrFN2O2. The number of nitrogens with zero attached hydrogens (tertiary/aromatic N) is 2. The molecule has 2 heterocycles. The van der Waals surface area contributed by atoms with Crippen LogP contribution in [0.2, 0.25) is 0 Å². The van der Waals surface area contributed by atoms with Crippen molar-refractivity contribution in [2.75, 3.05) is 6.61 Å². The van der Waals surface area contributed by atoms with Crippen molar-refractivity contribution in [3.63, 3.8) is 0 Å². The Morgan fingerprint density at radius 3 is 2.89 bits per heavy atom. The molecule has 3 rings (SSSR count). The summed E-state index contributed by atoms with van der Waals surface area (Å²) in [5.41, 5.74) is -0.137. The predicted molar refractivity (Wildman–Crippen MR) is 72.8 cm³/mol. The van der Waals surface area contributed by atoms with Gasteiger partial charge in [0.25, 0.3) is 0 Å². The van der Waals surface area contributed by atoms with Gasteiger partial charge in [-0.2, -0.15) is 5.10 Å². The Morgan fingerprint density at radius 2 is 2.26 bits per heavy atom. The Labute approximate surface area is 118 Å². The molecule has 1 atom stereocenters. The van der Waals surface area contributed by atoms with Crippen LogP contribution in [0.5, 0.6) is 5.75 Å². The normalized spacial score (nSPS) is 18.7. The number of hydrogen-bond acceptors (Lipinski definition) is 3. The molecule has 0 aliphatic carbocycles. The average molecular weight is 329 g/mol. The number of ether oxygens (including phenoxy) is 1. The number of rotatable bonds is 1. The monoisotopic (exact) mass is 328 g/mol. The van der Waals surface area contributed by atoms with Crippen molar-refractivity contribution in [2.24, 2.45) is 0 Å². The summed E-state index contributed by atoms with van der Waals surface area (Å²) in [6, 6.07) is 1.35. The lowest BCUT2D eigenvalue weighted by atomic mass is 10.0. The first-order chi connectivity index (χ1) is 8.80. The van der Waals surface area contributed by atoms with E-state index in [4.69, 9.17) is 4.74 Å². The number of halogens is 2. The van der Waals surface area contributed by atoms with E-state index in [1.54, 1.807) is 13.8 Å². The van der Waals surface area contributed by atoms with Gasteiger partial charge < -0.3 is 9.84 Å². The van der Waals surface area contributed by atoms with E-state index in [0.717, 1.165) is 5.69 Å². The molecule has 4 nitrogen and oxygen atoms in total. The summed E-state index contributed by atoms with van der Waals surface area (Å²) in [6.07, 6.45) is 0. The third-order valence-corrected chi connectivity index (χ3v) is 3.90. The van der Waals surface area contributed by atoms with Crippen LogP contribution in [0.25, 0.3) is 10.9 Å². The fourth-order valence-corrected chi connectivity index (χ4v) is 3.00. The quantitative estimate of drug-likeness (QED) is 0.874. The van der Waals surface area contributed by atoms with Gasteiger partial charge in [-0.1, -0.05) is 6.92 Å². The molecule has 1 aliphatic heterocycles. The second-order valence-corrected chi connectivity index (χ2v) is 6.25. The molecule has 0 spiro atoms. The molecule has 6 heteroatoms. The van der Waals surface area contributed by atoms with E-state index in [2.05, 4.69) is 21.0 Å². The summed E-state index contributed by atoms with van der Waals surface area (Å²) in [5, 5.41) is 15.1. The van der Waals surface area contributed by atoms with E-state index >= 15 is 0 Å². The second kappa shape index (κ2) is 3.93. The summed E-state index contributed by atoms with van der Waals surface area (Å²) in [6.45, 7) is 5.71. The molecule has 1 aromatic carbocycles. The van der Waals surface area contributed by atoms with Crippen LogP contribution in [0.15, 0.2) is 10.5 Å². The van der Waals surface area contributed by atoms with Crippen LogP contribution in [-0.4, -0.2) is 21.5 Å². The van der Waals surface area contributed by atoms with Crippen LogP contribution in [0.4, 0.5) is 4.39 Å². The fraction of sp³-hybridized carbons (Fsp3) is 0.462. The standard InChI is InChI=1S/C13H14BrFN2O2/c1-6-5-19-12-7(14)4-8(15)10-9(12)11(6)17(16-10)13(2,3)18/h4,6,18H,5H2,1-3H3. The van der Waals surface area contributed by atoms with Gasteiger partial charge in [-0.15, -0.1) is 0 Å². The molecule has 0 saturated carbocycles. The highest BCUT2D eigenvalue weighted by atomic mass is 79.9. The van der Waals surface area contributed by atoms with E-state index < -0.39 is 11.5 Å². The topological polar surface area (TPSA) is 47.3 Å². The summed E-state index contributed by atoms with van der Waals surface area (Å²) in [4.78, 5) is 0. The van der Waals surface area contributed by atoms with Gasteiger partial charge in [0.15, 0.2) is 11.5 Å². The third kappa shape index (κ3) is 1.77. The Balaban J connectivity index is 2.48. The highest BCUT2D eigenvalue weighted by molar-refractivity contribution is 9.10. The van der Waals surface area contributed by atoms with Crippen molar-refractivity contribution in [1.82, 2.24) is 9.78 Å². The number of aliphatic hydroxyl groups is 1. The van der Waals surface area contributed by atoms with Crippen LogP contribution in [0.1, 0.15) is 32.4 Å². The van der Waals surface area contributed by atoms with Crippen LogP contribution in [0, 0.1) is 5.82 Å². The number of aromatic nitrogens is 2. The molecule has 1 aromatic heterocycles. The molecule has 0 fully saturated rings. The Kier molecular flexibility index (Phi) is 2.66. The van der Waals surface area contributed by atoms with E-state index in [1.165, 1.54) is 10.7 Å². The van der Waals surface area contributed by atoms with E-state index in [0.29, 0.717) is 22.2 Å². The largest absolute Gasteiger partial charge is 0.491 e. The Morgan fingerprint density at radius 1 is 1.58 bits per heavy atom. The van der Waals surface area contributed by atoms with Gasteiger partial charge in [-0.25, -0.2) is 9.07 Å². The minimum atomic E-state index is -1.18. The van der Waals surface area contributed by atoms with Crippen molar-refractivity contribution in [2.45, 2.75) is 32.4 Å². The smallest absolute Gasteiger partial charge is 0.152 e. The zero-order valence-electron chi connectivity index (χ0n) is 10.9. The molecule has 0 bridgehead atoms. The van der Waals surface area contributed by atoms with Gasteiger partial charge in [0, 0.05) is 5.92 Å². The maximum atomic E-state index is 14.1. The molecule has 2 aromatic rings. The number of hydrogen-bond donors (Lipinski definition) is 1. The molecule has 0 radical (unpaired) electrons. The number of benzene rings is 1. The van der Waals surface area contributed by atoms with Gasteiger partial charge >= 0.3 is 0 Å². The first-order valence-electron chi connectivity index (χ1n) is 6.07. The second-order valence-electron chi connectivity index (χ2n) is 5.40. The Hall–Kier alpha value is -1.14. The van der Waals surface area contributed by atoms with Gasteiger partial charge in [0.2, 0.25) is 0 Å². The van der Waals surface area contributed by atoms with Crippen LogP contribution in [-0.2, 0) is 5.72 Å². The maximum Gasteiger partial charge on any atom is 0.152 e. The molecule has 0 saturated heterocycles. The highest BCUT2D eigenvalue weighted by Gasteiger charge is 2.33. The Bertz CT molecular complexity index is 676. The lowest BCUT2D eigenvalue weighted by Crippen LogP contribution is -2.30. The molecular weight excluding hydrogens is 315 g/mol. The van der Waals surface area contributed by atoms with Gasteiger partial charge in [0.1, 0.15) is 11.3 Å². The average Bonchev–Trinajstić information content (AvgIpc) is 2.69. The molecule has 1 aliphatic rings. The van der Waals surface area contributed by atoms with E-state index in [1.807, 2.05) is 6.92 Å². The van der Waals surface area contributed by atoms with Gasteiger partial charge in [-0.05, 0) is 35.8 Å². The SMILES string of the molecule is CC1COc2c(Br)cc(F)c3nn(C(C)(C)O)c1c23. The van der Waals surface area contributed by atoms with Crippen molar-refractivity contribution in [3.05, 3.63) is 22.1 Å². The van der Waals surface area contributed by atoms with Crippen LogP contribution in [0.3, 0.4) is 0 Å². The maximum absolute atomic E-state index is 14.1. The molecule has 102 valence electrons. The molecule has 1 unspecified atom stereocenters. The zero-order chi connectivity index (χ0) is 13.9. The van der Waals surface area contributed by atoms with Crippen LogP contribution >= 0.6 is 15.9 Å². The van der Waals surface area contributed by atoms with Gasteiger partial charge in [0.05, 0.1) is 22.2 Å². The third-order valence-electron chi connectivity index (χ3n) is 3.31. The fourth-order valence-electron chi connectivity index (χ4n) is 2.49. The predicted octanol–water partition coefficient (Wildman–Crippen LogP) is 3.12. The van der Waals surface area contributed by atoms with Crippen molar-refractivity contribution < 1.29 is 14.2 Å². The molecule has 0 amide bonds. The summed E-state index contributed by atoms with van der Waals surface area (Å²) in [7, 11) is 0. The molecule has 1 N–H and O–H groups in total. The minimum Gasteiger partial charge on any atom is -0.491 e. The summed E-state index contributed by atoms with van der Waals surface area (Å²) < 4.78 is 21.8. The van der Waals surface area contributed by atoms with E-state index in [9.17, 15) is 9.50 Å². The van der Waals surface area contributed by atoms with Crippen molar-refractivity contribution in [3.8, 4) is 5.75 Å². The van der Waals surface area contributed by atoms with E-state index in [-0.39, 0.29) is 11.4 Å². The summed E-state index contributed by atoms with van der Waals surface area (Å²) in [5.74, 6) is 0.213. The van der Waals surface area contributed by atoms with Crippen molar-refractivity contribution >= 4 is 26.8 Å². The highest BCUT2D eigenvalue weighted by Crippen LogP contribution is 2.44. The summed E-state index contributed by atoms with van der Waals surface area (Å²) >= 11 is 3.31. The minimum absolute atomic E-state index is 0.0395. The molecule has 19 heavy (non-hydrogen) atoms. The zero-order valence-corrected chi connectivity index (χ0v) is 12.5.